The first-order valence-electron chi connectivity index (χ1n) is 6.11. The molecule has 2 heterocycles. The largest absolute Gasteiger partial charge is 0.356 e. The maximum atomic E-state index is 6.36. The van der Waals surface area contributed by atoms with Crippen LogP contribution in [0.25, 0.3) is 10.9 Å². The number of nitrogens with one attached hydrogen (secondary N) is 2. The summed E-state index contributed by atoms with van der Waals surface area (Å²) in [4.78, 5) is 8.91. The number of nitrogens with zero attached hydrogens (tertiary/aromatic N) is 1. The lowest BCUT2D eigenvalue weighted by Crippen LogP contribution is -2.12. The van der Waals surface area contributed by atoms with E-state index in [1.54, 1.807) is 11.3 Å². The van der Waals surface area contributed by atoms with Crippen LogP contribution in [0.5, 0.6) is 0 Å². The molecule has 0 bridgehead atoms. The first kappa shape index (κ1) is 12.7. The fourth-order valence-corrected chi connectivity index (χ4v) is 3.10. The molecule has 0 saturated heterocycles. The van der Waals surface area contributed by atoms with E-state index in [4.69, 9.17) is 11.6 Å². The highest BCUT2D eigenvalue weighted by Crippen LogP contribution is 2.27. The number of hydrogen-bond donors (Lipinski definition) is 2. The van der Waals surface area contributed by atoms with E-state index in [0.717, 1.165) is 33.2 Å². The molecule has 1 aromatic carbocycles. The summed E-state index contributed by atoms with van der Waals surface area (Å²) < 4.78 is 0. The van der Waals surface area contributed by atoms with Gasteiger partial charge in [-0.05, 0) is 13.0 Å². The molecule has 0 radical (unpaired) electrons. The van der Waals surface area contributed by atoms with Crippen LogP contribution >= 0.6 is 22.9 Å². The van der Waals surface area contributed by atoms with Crippen molar-refractivity contribution in [3.05, 3.63) is 51.1 Å². The maximum absolute atomic E-state index is 6.36. The minimum Gasteiger partial charge on any atom is -0.356 e. The Balaban J connectivity index is 1.70. The SMILES string of the molecule is Cc1cnc(CNCc2[nH]c3ccccc3c2Cl)s1. The van der Waals surface area contributed by atoms with E-state index in [0.29, 0.717) is 6.54 Å². The predicted octanol–water partition coefficient (Wildman–Crippen LogP) is 3.88. The average molecular weight is 292 g/mol. The van der Waals surface area contributed by atoms with Crippen molar-refractivity contribution in [2.24, 2.45) is 0 Å². The monoisotopic (exact) mass is 291 g/mol. The molecule has 0 saturated carbocycles. The summed E-state index contributed by atoms with van der Waals surface area (Å²) in [5, 5.41) is 6.35. The van der Waals surface area contributed by atoms with Crippen LogP contribution in [-0.2, 0) is 13.1 Å². The third kappa shape index (κ3) is 2.66. The molecule has 0 amide bonds. The Kier molecular flexibility index (Phi) is 3.55. The first-order chi connectivity index (χ1) is 9.24. The number of aromatic nitrogens is 2. The van der Waals surface area contributed by atoms with E-state index in [2.05, 4.69) is 22.2 Å². The molecule has 5 heteroatoms. The van der Waals surface area contributed by atoms with E-state index >= 15 is 0 Å². The molecule has 19 heavy (non-hydrogen) atoms. The first-order valence-corrected chi connectivity index (χ1v) is 7.30. The second-order valence-corrected chi connectivity index (χ2v) is 6.13. The van der Waals surface area contributed by atoms with Crippen LogP contribution in [0.15, 0.2) is 30.5 Å². The quantitative estimate of drug-likeness (QED) is 0.766. The van der Waals surface area contributed by atoms with Crippen molar-refractivity contribution in [1.82, 2.24) is 15.3 Å². The molecular weight excluding hydrogens is 278 g/mol. The van der Waals surface area contributed by atoms with Gasteiger partial charge in [0.25, 0.3) is 0 Å². The van der Waals surface area contributed by atoms with Gasteiger partial charge in [-0.2, -0.15) is 0 Å². The highest BCUT2D eigenvalue weighted by Gasteiger charge is 2.08. The van der Waals surface area contributed by atoms with E-state index in [1.165, 1.54) is 4.88 Å². The molecule has 3 nitrogen and oxygen atoms in total. The zero-order valence-corrected chi connectivity index (χ0v) is 12.1. The van der Waals surface area contributed by atoms with Gasteiger partial charge in [0.05, 0.1) is 5.02 Å². The number of benzene rings is 1. The summed E-state index contributed by atoms with van der Waals surface area (Å²) in [7, 11) is 0. The van der Waals surface area contributed by atoms with Gasteiger partial charge in [0.1, 0.15) is 5.01 Å². The Labute approximate surface area is 120 Å². The summed E-state index contributed by atoms with van der Waals surface area (Å²) in [6.45, 7) is 3.55. The van der Waals surface area contributed by atoms with Crippen molar-refractivity contribution in [3.63, 3.8) is 0 Å². The summed E-state index contributed by atoms with van der Waals surface area (Å²) in [6.07, 6.45) is 1.90. The highest BCUT2D eigenvalue weighted by atomic mass is 35.5. The Morgan fingerprint density at radius 3 is 2.89 bits per heavy atom. The molecule has 3 aromatic rings. The Bertz CT molecular complexity index is 702. The second-order valence-electron chi connectivity index (χ2n) is 4.43. The summed E-state index contributed by atoms with van der Waals surface area (Å²) in [5.74, 6) is 0. The lowest BCUT2D eigenvalue weighted by atomic mass is 10.2. The van der Waals surface area contributed by atoms with Gasteiger partial charge in [-0.25, -0.2) is 4.98 Å². The molecule has 98 valence electrons. The van der Waals surface area contributed by atoms with Crippen molar-refractivity contribution in [3.8, 4) is 0 Å². The van der Waals surface area contributed by atoms with Gasteiger partial charge in [-0.15, -0.1) is 11.3 Å². The van der Waals surface area contributed by atoms with Crippen LogP contribution in [0.4, 0.5) is 0 Å². The standard InChI is InChI=1S/C14H14ClN3S/c1-9-6-17-13(19-9)8-16-7-12-14(15)10-4-2-3-5-11(10)18-12/h2-6,16,18H,7-8H2,1H3. The van der Waals surface area contributed by atoms with Crippen molar-refractivity contribution in [2.45, 2.75) is 20.0 Å². The number of para-hydroxylation sites is 1. The van der Waals surface area contributed by atoms with E-state index in [-0.39, 0.29) is 0 Å². The van der Waals surface area contributed by atoms with Gasteiger partial charge >= 0.3 is 0 Å². The highest BCUT2D eigenvalue weighted by molar-refractivity contribution is 7.11. The fourth-order valence-electron chi connectivity index (χ4n) is 2.06. The average Bonchev–Trinajstić information content (AvgIpc) is 2.96. The molecule has 0 fully saturated rings. The van der Waals surface area contributed by atoms with Gasteiger partial charge in [-0.1, -0.05) is 29.8 Å². The van der Waals surface area contributed by atoms with Crippen LogP contribution in [-0.4, -0.2) is 9.97 Å². The Morgan fingerprint density at radius 1 is 1.32 bits per heavy atom. The van der Waals surface area contributed by atoms with Gasteiger partial charge in [-0.3, -0.25) is 0 Å². The van der Waals surface area contributed by atoms with E-state index in [9.17, 15) is 0 Å². The van der Waals surface area contributed by atoms with Gasteiger partial charge in [0.15, 0.2) is 0 Å². The number of halogens is 1. The predicted molar refractivity (Wildman–Crippen MR) is 80.7 cm³/mol. The number of rotatable bonds is 4. The maximum Gasteiger partial charge on any atom is 0.107 e. The summed E-state index contributed by atoms with van der Waals surface area (Å²) in [5.41, 5.74) is 2.10. The Hall–Kier alpha value is -1.36. The molecule has 0 unspecified atom stereocenters. The molecule has 0 aliphatic carbocycles. The normalized spacial score (nSPS) is 11.3. The number of fused-ring (bicyclic) bond motifs is 1. The molecular formula is C14H14ClN3S. The Morgan fingerprint density at radius 2 is 2.16 bits per heavy atom. The lowest BCUT2D eigenvalue weighted by Gasteiger charge is -2.01. The van der Waals surface area contributed by atoms with Crippen LogP contribution < -0.4 is 5.32 Å². The number of aryl methyl sites for hydroxylation is 1. The minimum absolute atomic E-state index is 0.714. The fraction of sp³-hybridized carbons (Fsp3) is 0.214. The molecule has 3 rings (SSSR count). The molecule has 0 aliphatic heterocycles. The zero-order chi connectivity index (χ0) is 13.2. The second kappa shape index (κ2) is 5.33. The lowest BCUT2D eigenvalue weighted by molar-refractivity contribution is 0.680. The smallest absolute Gasteiger partial charge is 0.107 e. The third-order valence-electron chi connectivity index (χ3n) is 2.96. The van der Waals surface area contributed by atoms with Gasteiger partial charge < -0.3 is 10.3 Å². The van der Waals surface area contributed by atoms with E-state index < -0.39 is 0 Å². The molecule has 2 aromatic heterocycles. The molecule has 0 spiro atoms. The number of hydrogen-bond acceptors (Lipinski definition) is 3. The summed E-state index contributed by atoms with van der Waals surface area (Å²) >= 11 is 8.07. The van der Waals surface area contributed by atoms with Crippen LogP contribution in [0.2, 0.25) is 5.02 Å². The van der Waals surface area contributed by atoms with Crippen LogP contribution in [0, 0.1) is 6.92 Å². The van der Waals surface area contributed by atoms with Crippen molar-refractivity contribution >= 4 is 33.8 Å². The van der Waals surface area contributed by atoms with Crippen molar-refractivity contribution < 1.29 is 0 Å². The molecule has 2 N–H and O–H groups in total. The number of thiazole rings is 1. The van der Waals surface area contributed by atoms with E-state index in [1.807, 2.05) is 30.5 Å². The van der Waals surface area contributed by atoms with Crippen LogP contribution in [0.1, 0.15) is 15.6 Å². The summed E-state index contributed by atoms with van der Waals surface area (Å²) in [6, 6.07) is 8.07. The molecule has 0 atom stereocenters. The van der Waals surface area contributed by atoms with Crippen molar-refractivity contribution in [1.29, 1.82) is 0 Å². The van der Waals surface area contributed by atoms with Gasteiger partial charge in [0.2, 0.25) is 0 Å². The zero-order valence-electron chi connectivity index (χ0n) is 10.5. The molecule has 0 aliphatic rings. The minimum atomic E-state index is 0.714. The van der Waals surface area contributed by atoms with Crippen molar-refractivity contribution in [2.75, 3.05) is 0 Å². The number of aromatic amines is 1. The third-order valence-corrected chi connectivity index (χ3v) is 4.31. The van der Waals surface area contributed by atoms with Crippen LogP contribution in [0.3, 0.4) is 0 Å². The number of H-pyrrole nitrogens is 1. The topological polar surface area (TPSA) is 40.7 Å². The van der Waals surface area contributed by atoms with Gasteiger partial charge in [0, 0.05) is 40.8 Å².